The zero-order chi connectivity index (χ0) is 15.7. The lowest BCUT2D eigenvalue weighted by atomic mass is 10.2. The first-order valence-electron chi connectivity index (χ1n) is 7.58. The van der Waals surface area contributed by atoms with Crippen molar-refractivity contribution in [2.45, 2.75) is 47.0 Å². The lowest BCUT2D eigenvalue weighted by Gasteiger charge is -2.13. The van der Waals surface area contributed by atoms with Crippen LogP contribution in [-0.4, -0.2) is 32.0 Å². The number of carbonyl (C=O) groups excluding carboxylic acids is 1. The lowest BCUT2D eigenvalue weighted by molar-refractivity contribution is -0.122. The summed E-state index contributed by atoms with van der Waals surface area (Å²) >= 11 is 0. The van der Waals surface area contributed by atoms with E-state index in [9.17, 15) is 4.79 Å². The van der Waals surface area contributed by atoms with Crippen LogP contribution in [0.1, 0.15) is 28.3 Å². The Morgan fingerprint density at radius 1 is 1.36 bits per heavy atom. The molecule has 0 unspecified atom stereocenters. The van der Waals surface area contributed by atoms with Crippen LogP contribution in [0.5, 0.6) is 0 Å². The van der Waals surface area contributed by atoms with E-state index in [0.29, 0.717) is 6.54 Å². The first-order chi connectivity index (χ1) is 10.5. The van der Waals surface area contributed by atoms with Crippen LogP contribution >= 0.6 is 0 Å². The van der Waals surface area contributed by atoms with Crippen molar-refractivity contribution >= 4 is 5.91 Å². The highest BCUT2D eigenvalue weighted by Gasteiger charge is 2.13. The smallest absolute Gasteiger partial charge is 0.242 e. The fourth-order valence-electron chi connectivity index (χ4n) is 2.66. The molecule has 22 heavy (non-hydrogen) atoms. The maximum atomic E-state index is 12.1. The number of hydrogen-bond acceptors (Lipinski definition) is 4. The van der Waals surface area contributed by atoms with E-state index < -0.39 is 0 Å². The van der Waals surface area contributed by atoms with Crippen molar-refractivity contribution in [3.05, 3.63) is 34.4 Å². The summed E-state index contributed by atoms with van der Waals surface area (Å²) in [7, 11) is 0. The molecule has 2 N–H and O–H groups in total. The number of rotatable bonds is 4. The lowest BCUT2D eigenvalue weighted by Crippen LogP contribution is -2.29. The van der Waals surface area contributed by atoms with Gasteiger partial charge in [-0.15, -0.1) is 0 Å². The molecule has 2 aromatic rings. The molecule has 118 valence electrons. The third-order valence-electron chi connectivity index (χ3n) is 4.22. The fourth-order valence-corrected chi connectivity index (χ4v) is 2.66. The Hall–Kier alpha value is -2.15. The van der Waals surface area contributed by atoms with Gasteiger partial charge in [0.15, 0.2) is 0 Å². The second-order valence-corrected chi connectivity index (χ2v) is 5.76. The number of fused-ring (bicyclic) bond motifs is 1. The van der Waals surface area contributed by atoms with Gasteiger partial charge in [0.2, 0.25) is 5.91 Å². The second kappa shape index (κ2) is 5.92. The highest BCUT2D eigenvalue weighted by Crippen LogP contribution is 2.11. The molecule has 0 fully saturated rings. The van der Waals surface area contributed by atoms with Crippen molar-refractivity contribution in [2.24, 2.45) is 0 Å². The quantitative estimate of drug-likeness (QED) is 0.858. The molecule has 7 heteroatoms. The molecule has 0 atom stereocenters. The van der Waals surface area contributed by atoms with Crippen LogP contribution in [0.2, 0.25) is 0 Å². The van der Waals surface area contributed by atoms with Gasteiger partial charge in [0.1, 0.15) is 6.54 Å². The van der Waals surface area contributed by atoms with Gasteiger partial charge in [-0.25, -0.2) is 0 Å². The monoisotopic (exact) mass is 302 g/mol. The van der Waals surface area contributed by atoms with E-state index in [1.807, 2.05) is 31.5 Å². The van der Waals surface area contributed by atoms with Gasteiger partial charge in [0, 0.05) is 18.8 Å². The molecule has 0 aromatic carbocycles. The molecule has 1 aliphatic heterocycles. The number of nitrogens with zero attached hydrogens (tertiary/aromatic N) is 4. The van der Waals surface area contributed by atoms with E-state index >= 15 is 0 Å². The maximum absolute atomic E-state index is 12.1. The molecule has 0 spiro atoms. The van der Waals surface area contributed by atoms with E-state index in [2.05, 4.69) is 20.8 Å². The summed E-state index contributed by atoms with van der Waals surface area (Å²) in [5.74, 6) is -0.0466. The van der Waals surface area contributed by atoms with Crippen LogP contribution in [0.4, 0.5) is 0 Å². The van der Waals surface area contributed by atoms with Crippen molar-refractivity contribution in [3.63, 3.8) is 0 Å². The average Bonchev–Trinajstić information content (AvgIpc) is 3.02. The summed E-state index contributed by atoms with van der Waals surface area (Å²) < 4.78 is 3.75. The van der Waals surface area contributed by atoms with Crippen LogP contribution in [0.15, 0.2) is 6.07 Å². The molecular formula is C15H22N6O. The Kier molecular flexibility index (Phi) is 3.98. The fraction of sp³-hybridized carbons (Fsp3) is 0.533. The zero-order valence-corrected chi connectivity index (χ0v) is 13.3. The summed E-state index contributed by atoms with van der Waals surface area (Å²) in [5, 5.41) is 15.1. The number of nitrogens with one attached hydrogen (secondary N) is 2. The van der Waals surface area contributed by atoms with E-state index in [1.165, 1.54) is 5.69 Å². The summed E-state index contributed by atoms with van der Waals surface area (Å²) in [6.45, 7) is 9.33. The molecule has 3 rings (SSSR count). The molecular weight excluding hydrogens is 280 g/mol. The summed E-state index contributed by atoms with van der Waals surface area (Å²) in [5.41, 5.74) is 5.22. The van der Waals surface area contributed by atoms with Crippen molar-refractivity contribution in [1.29, 1.82) is 0 Å². The molecule has 7 nitrogen and oxygen atoms in total. The Balaban J connectivity index is 1.58. The van der Waals surface area contributed by atoms with Gasteiger partial charge < -0.3 is 10.6 Å². The number of aromatic nitrogens is 4. The van der Waals surface area contributed by atoms with Gasteiger partial charge in [-0.3, -0.25) is 14.2 Å². The number of aryl methyl sites for hydroxylation is 1. The minimum Gasteiger partial charge on any atom is -0.349 e. The van der Waals surface area contributed by atoms with Gasteiger partial charge in [0.05, 0.1) is 30.2 Å². The molecule has 0 radical (unpaired) electrons. The largest absolute Gasteiger partial charge is 0.349 e. The molecule has 0 bridgehead atoms. The summed E-state index contributed by atoms with van der Waals surface area (Å²) in [6, 6.07) is 2.04. The highest BCUT2D eigenvalue weighted by atomic mass is 16.2. The van der Waals surface area contributed by atoms with Crippen molar-refractivity contribution in [2.75, 3.05) is 6.54 Å². The van der Waals surface area contributed by atoms with Gasteiger partial charge in [-0.1, -0.05) is 0 Å². The standard InChI is InChI=1S/C15H22N6O/c1-10-11(2)18-21(12(10)3)9-15(22)17-7-13-6-14-8-16-4-5-20(14)19-13/h6,16H,4-5,7-9H2,1-3H3,(H,17,22). The minimum atomic E-state index is -0.0466. The first-order valence-corrected chi connectivity index (χ1v) is 7.58. The van der Waals surface area contributed by atoms with Crippen molar-refractivity contribution in [3.8, 4) is 0 Å². The topological polar surface area (TPSA) is 76.8 Å². The van der Waals surface area contributed by atoms with Crippen molar-refractivity contribution < 1.29 is 4.79 Å². The molecule has 0 aliphatic carbocycles. The average molecular weight is 302 g/mol. The van der Waals surface area contributed by atoms with Crippen LogP contribution in [0.3, 0.4) is 0 Å². The normalized spacial score (nSPS) is 14.0. The summed E-state index contributed by atoms with van der Waals surface area (Å²) in [4.78, 5) is 12.1. The zero-order valence-electron chi connectivity index (χ0n) is 13.3. The number of hydrogen-bond donors (Lipinski definition) is 2. The second-order valence-electron chi connectivity index (χ2n) is 5.76. The summed E-state index contributed by atoms with van der Waals surface area (Å²) in [6.07, 6.45) is 0. The molecule has 1 amide bonds. The van der Waals surface area contributed by atoms with E-state index in [1.54, 1.807) is 4.68 Å². The molecule has 0 saturated heterocycles. The number of amides is 1. The third kappa shape index (κ3) is 2.89. The molecule has 0 saturated carbocycles. The van der Waals surface area contributed by atoms with Gasteiger partial charge in [0.25, 0.3) is 0 Å². The van der Waals surface area contributed by atoms with Crippen LogP contribution < -0.4 is 10.6 Å². The van der Waals surface area contributed by atoms with Gasteiger partial charge >= 0.3 is 0 Å². The molecule has 2 aromatic heterocycles. The van der Waals surface area contributed by atoms with Crippen LogP contribution in [-0.2, 0) is 31.0 Å². The Morgan fingerprint density at radius 3 is 2.86 bits per heavy atom. The third-order valence-corrected chi connectivity index (χ3v) is 4.22. The minimum absolute atomic E-state index is 0.0466. The SMILES string of the molecule is Cc1nn(CC(=O)NCc2cc3n(n2)CCNC3)c(C)c1C. The Bertz CT molecular complexity index is 676. The predicted octanol–water partition coefficient (Wildman–Crippen LogP) is 0.424. The van der Waals surface area contributed by atoms with Crippen molar-refractivity contribution in [1.82, 2.24) is 30.2 Å². The Labute approximate surface area is 129 Å². The molecule has 1 aliphatic rings. The predicted molar refractivity (Wildman–Crippen MR) is 82.2 cm³/mol. The highest BCUT2D eigenvalue weighted by molar-refractivity contribution is 5.75. The Morgan fingerprint density at radius 2 is 2.18 bits per heavy atom. The van der Waals surface area contributed by atoms with Gasteiger partial charge in [-0.05, 0) is 32.4 Å². The first kappa shape index (κ1) is 14.8. The van der Waals surface area contributed by atoms with Gasteiger partial charge in [-0.2, -0.15) is 10.2 Å². The van der Waals surface area contributed by atoms with Crippen LogP contribution in [0.25, 0.3) is 0 Å². The van der Waals surface area contributed by atoms with E-state index in [4.69, 9.17) is 0 Å². The number of carbonyl (C=O) groups is 1. The van der Waals surface area contributed by atoms with E-state index in [0.717, 1.165) is 42.3 Å². The van der Waals surface area contributed by atoms with E-state index in [-0.39, 0.29) is 12.5 Å². The van der Waals surface area contributed by atoms with Crippen LogP contribution in [0, 0.1) is 20.8 Å². The maximum Gasteiger partial charge on any atom is 0.242 e. The molecule has 3 heterocycles.